The molecular weight excluding hydrogens is 314 g/mol. The van der Waals surface area contributed by atoms with Crippen LogP contribution in [0.4, 0.5) is 5.82 Å². The standard InChI is InChI=1S/C16H25N3O3S/c1-2-14-4-3-7-18(13-14)16-6-5-15(12-17-16)23(20,21)19-8-10-22-11-9-19/h5-6,12,14H,2-4,7-11,13H2,1H3/t14-/m1/s1. The lowest BCUT2D eigenvalue weighted by atomic mass is 9.96. The molecule has 0 unspecified atom stereocenters. The van der Waals surface area contributed by atoms with E-state index in [4.69, 9.17) is 4.74 Å². The van der Waals surface area contributed by atoms with Crippen molar-refractivity contribution in [2.24, 2.45) is 5.92 Å². The van der Waals surface area contributed by atoms with Crippen LogP contribution in [-0.2, 0) is 14.8 Å². The Bertz CT molecular complexity index is 612. The van der Waals surface area contributed by atoms with E-state index < -0.39 is 10.0 Å². The maximum absolute atomic E-state index is 12.6. The van der Waals surface area contributed by atoms with Gasteiger partial charge in [0.05, 0.1) is 13.2 Å². The predicted octanol–water partition coefficient (Wildman–Crippen LogP) is 1.73. The number of ether oxygens (including phenoxy) is 1. The van der Waals surface area contributed by atoms with E-state index in [0.717, 1.165) is 18.9 Å². The molecule has 2 fully saturated rings. The maximum atomic E-state index is 12.6. The smallest absolute Gasteiger partial charge is 0.244 e. The molecule has 2 saturated heterocycles. The average Bonchev–Trinajstić information content (AvgIpc) is 2.62. The van der Waals surface area contributed by atoms with Gasteiger partial charge in [-0.3, -0.25) is 0 Å². The van der Waals surface area contributed by atoms with Crippen molar-refractivity contribution in [2.75, 3.05) is 44.3 Å². The van der Waals surface area contributed by atoms with Gasteiger partial charge in [-0.2, -0.15) is 4.31 Å². The number of hydrogen-bond acceptors (Lipinski definition) is 5. The van der Waals surface area contributed by atoms with E-state index in [-0.39, 0.29) is 4.90 Å². The van der Waals surface area contributed by atoms with Crippen LogP contribution in [0.15, 0.2) is 23.2 Å². The van der Waals surface area contributed by atoms with Crippen LogP contribution in [-0.4, -0.2) is 57.1 Å². The van der Waals surface area contributed by atoms with E-state index in [1.54, 1.807) is 6.07 Å². The Morgan fingerprint density at radius 2 is 2.04 bits per heavy atom. The Hall–Kier alpha value is -1.18. The molecule has 0 aromatic carbocycles. The van der Waals surface area contributed by atoms with Crippen LogP contribution in [0.3, 0.4) is 0 Å². The minimum Gasteiger partial charge on any atom is -0.379 e. The second-order valence-electron chi connectivity index (χ2n) is 6.23. The molecule has 1 aromatic heterocycles. The number of sulfonamides is 1. The van der Waals surface area contributed by atoms with Crippen molar-refractivity contribution >= 4 is 15.8 Å². The molecule has 1 atom stereocenters. The Kier molecular flexibility index (Phi) is 5.18. The van der Waals surface area contributed by atoms with Gasteiger partial charge in [-0.15, -0.1) is 0 Å². The first-order valence-corrected chi connectivity index (χ1v) is 9.84. The van der Waals surface area contributed by atoms with Crippen molar-refractivity contribution in [1.82, 2.24) is 9.29 Å². The summed E-state index contributed by atoms with van der Waals surface area (Å²) in [6, 6.07) is 3.52. The van der Waals surface area contributed by atoms with Crippen molar-refractivity contribution < 1.29 is 13.2 Å². The monoisotopic (exact) mass is 339 g/mol. The second kappa shape index (κ2) is 7.15. The highest BCUT2D eigenvalue weighted by Gasteiger charge is 2.27. The maximum Gasteiger partial charge on any atom is 0.244 e. The highest BCUT2D eigenvalue weighted by Crippen LogP contribution is 2.25. The molecule has 0 bridgehead atoms. The molecule has 3 rings (SSSR count). The van der Waals surface area contributed by atoms with E-state index in [1.807, 2.05) is 6.07 Å². The summed E-state index contributed by atoms with van der Waals surface area (Å²) >= 11 is 0. The van der Waals surface area contributed by atoms with E-state index in [0.29, 0.717) is 32.2 Å². The van der Waals surface area contributed by atoms with E-state index >= 15 is 0 Å². The Balaban J connectivity index is 1.73. The van der Waals surface area contributed by atoms with Crippen LogP contribution in [0.5, 0.6) is 0 Å². The fourth-order valence-corrected chi connectivity index (χ4v) is 4.61. The van der Waals surface area contributed by atoms with Crippen molar-refractivity contribution in [3.05, 3.63) is 18.3 Å². The Morgan fingerprint density at radius 3 is 2.70 bits per heavy atom. The zero-order chi connectivity index (χ0) is 16.3. The highest BCUT2D eigenvalue weighted by molar-refractivity contribution is 7.89. The quantitative estimate of drug-likeness (QED) is 0.836. The van der Waals surface area contributed by atoms with Gasteiger partial charge in [0, 0.05) is 32.4 Å². The number of nitrogens with zero attached hydrogens (tertiary/aromatic N) is 3. The summed E-state index contributed by atoms with van der Waals surface area (Å²) in [5.41, 5.74) is 0. The Labute approximate surface area is 138 Å². The summed E-state index contributed by atoms with van der Waals surface area (Å²) in [4.78, 5) is 6.96. The molecule has 2 aliphatic heterocycles. The number of anilines is 1. The lowest BCUT2D eigenvalue weighted by Crippen LogP contribution is -2.40. The number of piperidine rings is 1. The van der Waals surface area contributed by atoms with Gasteiger partial charge in [0.25, 0.3) is 0 Å². The summed E-state index contributed by atoms with van der Waals surface area (Å²) in [5, 5.41) is 0. The van der Waals surface area contributed by atoms with Crippen LogP contribution in [0.25, 0.3) is 0 Å². The predicted molar refractivity (Wildman–Crippen MR) is 89.0 cm³/mol. The number of pyridine rings is 1. The molecule has 7 heteroatoms. The number of aromatic nitrogens is 1. The molecule has 0 amide bonds. The van der Waals surface area contributed by atoms with Gasteiger partial charge in [-0.1, -0.05) is 13.3 Å². The van der Waals surface area contributed by atoms with Gasteiger partial charge >= 0.3 is 0 Å². The van der Waals surface area contributed by atoms with Gasteiger partial charge in [0.2, 0.25) is 10.0 Å². The summed E-state index contributed by atoms with van der Waals surface area (Å²) in [6.07, 6.45) is 5.13. The minimum absolute atomic E-state index is 0.271. The van der Waals surface area contributed by atoms with Gasteiger partial charge in [0.15, 0.2) is 0 Å². The van der Waals surface area contributed by atoms with Crippen molar-refractivity contribution in [3.63, 3.8) is 0 Å². The third kappa shape index (κ3) is 3.67. The largest absolute Gasteiger partial charge is 0.379 e. The van der Waals surface area contributed by atoms with Gasteiger partial charge in [0.1, 0.15) is 10.7 Å². The molecule has 0 aliphatic carbocycles. The summed E-state index contributed by atoms with van der Waals surface area (Å²) in [6.45, 7) is 5.97. The van der Waals surface area contributed by atoms with Crippen molar-refractivity contribution in [1.29, 1.82) is 0 Å². The van der Waals surface area contributed by atoms with Crippen LogP contribution in [0.1, 0.15) is 26.2 Å². The minimum atomic E-state index is -3.45. The third-order valence-electron chi connectivity index (χ3n) is 4.75. The summed E-state index contributed by atoms with van der Waals surface area (Å²) in [7, 11) is -3.45. The van der Waals surface area contributed by atoms with Crippen molar-refractivity contribution in [2.45, 2.75) is 31.1 Å². The fourth-order valence-electron chi connectivity index (χ4n) is 3.25. The first kappa shape index (κ1) is 16.7. The highest BCUT2D eigenvalue weighted by atomic mass is 32.2. The molecule has 128 valence electrons. The Morgan fingerprint density at radius 1 is 1.26 bits per heavy atom. The number of morpholine rings is 1. The van der Waals surface area contributed by atoms with E-state index in [1.165, 1.54) is 29.8 Å². The first-order chi connectivity index (χ1) is 11.1. The molecule has 23 heavy (non-hydrogen) atoms. The van der Waals surface area contributed by atoms with Gasteiger partial charge < -0.3 is 9.64 Å². The van der Waals surface area contributed by atoms with E-state index in [2.05, 4.69) is 16.8 Å². The SMILES string of the molecule is CC[C@@H]1CCCN(c2ccc(S(=O)(=O)N3CCOCC3)cn2)C1. The molecule has 0 spiro atoms. The van der Waals surface area contributed by atoms with Crippen LogP contribution < -0.4 is 4.90 Å². The van der Waals surface area contributed by atoms with Crippen LogP contribution in [0, 0.1) is 5.92 Å². The molecule has 0 radical (unpaired) electrons. The molecule has 0 N–H and O–H groups in total. The van der Waals surface area contributed by atoms with Crippen LogP contribution >= 0.6 is 0 Å². The molecule has 3 heterocycles. The second-order valence-corrected chi connectivity index (χ2v) is 8.17. The first-order valence-electron chi connectivity index (χ1n) is 8.40. The fraction of sp³-hybridized carbons (Fsp3) is 0.688. The van der Waals surface area contributed by atoms with Gasteiger partial charge in [-0.25, -0.2) is 13.4 Å². The lowest BCUT2D eigenvalue weighted by molar-refractivity contribution is 0.0730. The van der Waals surface area contributed by atoms with Crippen LogP contribution in [0.2, 0.25) is 0 Å². The molecule has 6 nitrogen and oxygen atoms in total. The molecule has 1 aromatic rings. The lowest BCUT2D eigenvalue weighted by Gasteiger charge is -2.33. The average molecular weight is 339 g/mol. The molecule has 0 saturated carbocycles. The number of hydrogen-bond donors (Lipinski definition) is 0. The van der Waals surface area contributed by atoms with Gasteiger partial charge in [-0.05, 0) is 30.9 Å². The van der Waals surface area contributed by atoms with E-state index in [9.17, 15) is 8.42 Å². The number of rotatable bonds is 4. The zero-order valence-corrected chi connectivity index (χ0v) is 14.5. The summed E-state index contributed by atoms with van der Waals surface area (Å²) < 4.78 is 31.9. The molecule has 2 aliphatic rings. The molecular formula is C16H25N3O3S. The van der Waals surface area contributed by atoms with Crippen molar-refractivity contribution in [3.8, 4) is 0 Å². The summed E-state index contributed by atoms with van der Waals surface area (Å²) in [5.74, 6) is 1.59. The topological polar surface area (TPSA) is 62.7 Å². The third-order valence-corrected chi connectivity index (χ3v) is 6.63. The zero-order valence-electron chi connectivity index (χ0n) is 13.6. The normalized spacial score (nSPS) is 23.9.